The van der Waals surface area contributed by atoms with Crippen LogP contribution >= 0.6 is 0 Å². The molecule has 1 fully saturated rings. The second kappa shape index (κ2) is 6.17. The molecule has 3 aromatic rings. The number of halogens is 5. The van der Waals surface area contributed by atoms with Gasteiger partial charge in [-0.2, -0.15) is 13.2 Å². The average Bonchev–Trinajstić information content (AvgIpc) is 3.37. The lowest BCUT2D eigenvalue weighted by Crippen LogP contribution is -2.31. The third-order valence-electron chi connectivity index (χ3n) is 4.40. The number of nitrogens with zero attached hydrogens (tertiary/aromatic N) is 3. The summed E-state index contributed by atoms with van der Waals surface area (Å²) in [4.78, 5) is 8.18. The third-order valence-corrected chi connectivity index (χ3v) is 4.40. The molecule has 27 heavy (non-hydrogen) atoms. The van der Waals surface area contributed by atoms with E-state index in [2.05, 4.69) is 9.97 Å². The summed E-state index contributed by atoms with van der Waals surface area (Å²) < 4.78 is 72.1. The maximum absolute atomic E-state index is 13.7. The van der Waals surface area contributed by atoms with Crippen LogP contribution in [0.1, 0.15) is 25.8 Å². The van der Waals surface area contributed by atoms with Crippen LogP contribution in [0.4, 0.5) is 22.0 Å². The lowest BCUT2D eigenvalue weighted by molar-refractivity contribution is -0.189. The maximum atomic E-state index is 13.7. The molecule has 0 N–H and O–H groups in total. The minimum absolute atomic E-state index is 0.0847. The van der Waals surface area contributed by atoms with E-state index in [1.54, 1.807) is 10.6 Å². The van der Waals surface area contributed by atoms with E-state index in [9.17, 15) is 22.0 Å². The summed E-state index contributed by atoms with van der Waals surface area (Å²) >= 11 is 0. The number of ether oxygens (including phenoxy) is 1. The van der Waals surface area contributed by atoms with Gasteiger partial charge in [-0.05, 0) is 25.8 Å². The van der Waals surface area contributed by atoms with Gasteiger partial charge in [-0.25, -0.2) is 18.7 Å². The maximum Gasteiger partial charge on any atom is 0.425 e. The number of benzene rings is 1. The Kier molecular flexibility index (Phi) is 4.05. The zero-order valence-corrected chi connectivity index (χ0v) is 14.1. The molecule has 4 rings (SSSR count). The van der Waals surface area contributed by atoms with Gasteiger partial charge in [0.1, 0.15) is 5.82 Å². The summed E-state index contributed by atoms with van der Waals surface area (Å²) in [5.74, 6) is -1.78. The molecular formula is C18H14F5N3O. The highest BCUT2D eigenvalue weighted by atomic mass is 19.4. The van der Waals surface area contributed by atoms with E-state index in [4.69, 9.17) is 4.74 Å². The van der Waals surface area contributed by atoms with Gasteiger partial charge >= 0.3 is 6.18 Å². The molecule has 1 aromatic carbocycles. The van der Waals surface area contributed by atoms with Crippen molar-refractivity contribution < 1.29 is 26.7 Å². The molecule has 1 unspecified atom stereocenters. The van der Waals surface area contributed by atoms with E-state index in [0.717, 1.165) is 31.9 Å². The molecule has 0 spiro atoms. The minimum atomic E-state index is -4.52. The van der Waals surface area contributed by atoms with Crippen molar-refractivity contribution in [2.75, 3.05) is 0 Å². The Balaban J connectivity index is 1.78. The van der Waals surface area contributed by atoms with Gasteiger partial charge in [-0.1, -0.05) is 0 Å². The molecule has 9 heteroatoms. The first-order valence-corrected chi connectivity index (χ1v) is 8.31. The molecular weight excluding hydrogens is 369 g/mol. The van der Waals surface area contributed by atoms with E-state index < -0.39 is 23.9 Å². The van der Waals surface area contributed by atoms with Crippen LogP contribution in [0.2, 0.25) is 0 Å². The monoisotopic (exact) mass is 383 g/mol. The second-order valence-corrected chi connectivity index (χ2v) is 6.48. The second-order valence-electron chi connectivity index (χ2n) is 6.48. The van der Waals surface area contributed by atoms with Crippen LogP contribution in [0.5, 0.6) is 5.88 Å². The number of hydrogen-bond acceptors (Lipinski definition) is 3. The van der Waals surface area contributed by atoms with Gasteiger partial charge in [0.25, 0.3) is 0 Å². The van der Waals surface area contributed by atoms with Crippen LogP contribution in [0.25, 0.3) is 22.4 Å². The van der Waals surface area contributed by atoms with Gasteiger partial charge in [-0.15, -0.1) is 0 Å². The lowest BCUT2D eigenvalue weighted by Gasteiger charge is -2.17. The first-order chi connectivity index (χ1) is 12.7. The number of fused-ring (bicyclic) bond motifs is 1. The number of rotatable bonds is 4. The highest BCUT2D eigenvalue weighted by molar-refractivity contribution is 5.81. The smallest absolute Gasteiger partial charge is 0.425 e. The summed E-state index contributed by atoms with van der Waals surface area (Å²) in [5.41, 5.74) is 1.17. The third kappa shape index (κ3) is 3.33. The van der Waals surface area contributed by atoms with Crippen molar-refractivity contribution in [3.05, 3.63) is 42.1 Å². The van der Waals surface area contributed by atoms with Crippen LogP contribution in [0, 0.1) is 11.6 Å². The fourth-order valence-corrected chi connectivity index (χ4v) is 2.86. The Morgan fingerprint density at radius 2 is 1.85 bits per heavy atom. The van der Waals surface area contributed by atoms with Crippen LogP contribution in [-0.2, 0) is 0 Å². The van der Waals surface area contributed by atoms with Crippen molar-refractivity contribution in [2.45, 2.75) is 38.1 Å². The molecule has 1 aliphatic carbocycles. The summed E-state index contributed by atoms with van der Waals surface area (Å²) in [6.45, 7) is 0.888. The fourth-order valence-electron chi connectivity index (χ4n) is 2.86. The van der Waals surface area contributed by atoms with Crippen molar-refractivity contribution in [1.82, 2.24) is 14.5 Å². The quantitative estimate of drug-likeness (QED) is 0.593. The summed E-state index contributed by atoms with van der Waals surface area (Å²) in [5, 5.41) is 0. The fraction of sp³-hybridized carbons (Fsp3) is 0.333. The summed E-state index contributed by atoms with van der Waals surface area (Å²) in [6.07, 6.45) is -3.52. The van der Waals surface area contributed by atoms with Gasteiger partial charge in [0.2, 0.25) is 5.88 Å². The van der Waals surface area contributed by atoms with Gasteiger partial charge in [0, 0.05) is 36.0 Å². The highest BCUT2D eigenvalue weighted by Gasteiger charge is 2.38. The number of alkyl halides is 3. The summed E-state index contributed by atoms with van der Waals surface area (Å²) in [7, 11) is 0. The van der Waals surface area contributed by atoms with Gasteiger partial charge in [-0.3, -0.25) is 0 Å². The predicted molar refractivity (Wildman–Crippen MR) is 87.3 cm³/mol. The predicted octanol–water partition coefficient (Wildman–Crippen LogP) is 5.04. The zero-order chi connectivity index (χ0) is 19.3. The molecule has 0 amide bonds. The molecule has 2 heterocycles. The van der Waals surface area contributed by atoms with E-state index >= 15 is 0 Å². The molecule has 1 saturated carbocycles. The molecule has 2 aromatic heterocycles. The van der Waals surface area contributed by atoms with Crippen LogP contribution in [-0.4, -0.2) is 26.8 Å². The number of aromatic nitrogens is 3. The molecule has 0 radical (unpaired) electrons. The molecule has 0 aliphatic heterocycles. The normalized spacial score (nSPS) is 15.9. The van der Waals surface area contributed by atoms with Crippen LogP contribution < -0.4 is 4.74 Å². The highest BCUT2D eigenvalue weighted by Crippen LogP contribution is 2.42. The minimum Gasteiger partial charge on any atom is -0.465 e. The van der Waals surface area contributed by atoms with Gasteiger partial charge in [0.15, 0.2) is 17.7 Å². The van der Waals surface area contributed by atoms with Crippen LogP contribution in [0.3, 0.4) is 0 Å². The van der Waals surface area contributed by atoms with Crippen molar-refractivity contribution in [2.24, 2.45) is 0 Å². The molecule has 4 nitrogen and oxygen atoms in total. The Morgan fingerprint density at radius 1 is 1.15 bits per heavy atom. The topological polar surface area (TPSA) is 39.9 Å². The van der Waals surface area contributed by atoms with Gasteiger partial charge in [0.05, 0.1) is 11.0 Å². The van der Waals surface area contributed by atoms with Crippen LogP contribution in [0.15, 0.2) is 30.5 Å². The molecule has 0 saturated heterocycles. The van der Waals surface area contributed by atoms with Crippen molar-refractivity contribution in [3.63, 3.8) is 0 Å². The SMILES string of the molecule is CC(Oc1cc(-c2nc3cc(F)c(F)cc3n2C2CC2)ccn1)C(F)(F)F. The number of imidazole rings is 1. The molecule has 142 valence electrons. The standard InChI is InChI=1S/C18H14F5N3O/c1-9(18(21,22)23)27-16-6-10(4-5-24-16)17-25-14-7-12(19)13(20)8-15(14)26(17)11-2-3-11/h4-9,11H,2-3H2,1H3. The van der Waals surface area contributed by atoms with E-state index in [1.807, 2.05) is 0 Å². The van der Waals surface area contributed by atoms with Crippen molar-refractivity contribution in [3.8, 4) is 17.3 Å². The van der Waals surface area contributed by atoms with E-state index in [1.165, 1.54) is 12.3 Å². The van der Waals surface area contributed by atoms with Gasteiger partial charge < -0.3 is 9.30 Å². The molecule has 0 bridgehead atoms. The van der Waals surface area contributed by atoms with E-state index in [-0.39, 0.29) is 17.4 Å². The largest absolute Gasteiger partial charge is 0.465 e. The Bertz CT molecular complexity index is 1010. The first kappa shape index (κ1) is 17.7. The number of hydrogen-bond donors (Lipinski definition) is 0. The average molecular weight is 383 g/mol. The first-order valence-electron chi connectivity index (χ1n) is 8.31. The van der Waals surface area contributed by atoms with E-state index in [0.29, 0.717) is 16.9 Å². The molecule has 1 atom stereocenters. The van der Waals surface area contributed by atoms with Crippen molar-refractivity contribution >= 4 is 11.0 Å². The Labute approximate surface area is 150 Å². The molecule has 1 aliphatic rings. The lowest BCUT2D eigenvalue weighted by atomic mass is 10.2. The van der Waals surface area contributed by atoms with Crippen molar-refractivity contribution in [1.29, 1.82) is 0 Å². The number of pyridine rings is 1. The Hall–Kier alpha value is -2.71. The summed E-state index contributed by atoms with van der Waals surface area (Å²) in [6, 6.07) is 5.09. The Morgan fingerprint density at radius 3 is 2.52 bits per heavy atom. The zero-order valence-electron chi connectivity index (χ0n) is 14.1.